The molecular weight excluding hydrogens is 396 g/mol. The number of nitrogens with zero attached hydrogens (tertiary/aromatic N) is 4. The van der Waals surface area contributed by atoms with E-state index in [0.717, 1.165) is 54.5 Å². The van der Waals surface area contributed by atoms with Crippen molar-refractivity contribution in [3.8, 4) is 17.0 Å². The topological polar surface area (TPSA) is 51.1 Å². The average Bonchev–Trinajstić information content (AvgIpc) is 2.88. The third kappa shape index (κ3) is 4.42. The molecule has 32 heavy (non-hydrogen) atoms. The minimum absolute atomic E-state index is 0.772. The molecule has 4 aromatic rings. The Morgan fingerprint density at radius 3 is 2.59 bits per heavy atom. The Morgan fingerprint density at radius 1 is 0.875 bits per heavy atom. The van der Waals surface area contributed by atoms with Crippen LogP contribution in [0, 0.1) is 0 Å². The first-order valence-corrected chi connectivity index (χ1v) is 11.4. The first-order valence-electron chi connectivity index (χ1n) is 11.4. The number of methoxy groups -OCH3 is 1. The van der Waals surface area contributed by atoms with E-state index in [1.54, 1.807) is 7.11 Å². The van der Waals surface area contributed by atoms with Gasteiger partial charge in [0.05, 0.1) is 12.8 Å². The van der Waals surface area contributed by atoms with Gasteiger partial charge in [-0.3, -0.25) is 4.98 Å². The van der Waals surface area contributed by atoms with Gasteiger partial charge < -0.3 is 9.64 Å². The lowest BCUT2D eigenvalue weighted by molar-refractivity contribution is 0.415. The van der Waals surface area contributed by atoms with Crippen molar-refractivity contribution >= 4 is 16.5 Å². The van der Waals surface area contributed by atoms with E-state index in [0.29, 0.717) is 0 Å². The number of pyridine rings is 1. The summed E-state index contributed by atoms with van der Waals surface area (Å²) in [6, 6.07) is 18.9. The fourth-order valence-electron chi connectivity index (χ4n) is 4.45. The normalized spacial score (nSPS) is 14.0. The molecule has 5 rings (SSSR count). The molecular formula is C27H28N4O. The second-order valence-electron chi connectivity index (χ2n) is 8.31. The number of anilines is 1. The maximum absolute atomic E-state index is 5.51. The number of piperidine rings is 1. The van der Waals surface area contributed by atoms with Gasteiger partial charge in [0.1, 0.15) is 11.6 Å². The summed E-state index contributed by atoms with van der Waals surface area (Å²) in [5.74, 6) is 1.74. The Hall–Kier alpha value is -3.47. The van der Waals surface area contributed by atoms with Gasteiger partial charge in [0, 0.05) is 54.2 Å². The summed E-state index contributed by atoms with van der Waals surface area (Å²) in [6.45, 7) is 2.18. The molecule has 0 spiro atoms. The van der Waals surface area contributed by atoms with Crippen molar-refractivity contribution in [3.05, 3.63) is 78.5 Å². The van der Waals surface area contributed by atoms with Gasteiger partial charge >= 0.3 is 0 Å². The minimum atomic E-state index is 0.772. The van der Waals surface area contributed by atoms with Crippen molar-refractivity contribution in [2.75, 3.05) is 25.1 Å². The van der Waals surface area contributed by atoms with E-state index in [-0.39, 0.29) is 0 Å². The summed E-state index contributed by atoms with van der Waals surface area (Å²) in [5, 5.41) is 2.44. The Morgan fingerprint density at radius 2 is 1.78 bits per heavy atom. The van der Waals surface area contributed by atoms with E-state index in [1.165, 1.54) is 35.7 Å². The molecule has 162 valence electrons. The first kappa shape index (κ1) is 20.4. The molecule has 1 saturated heterocycles. The zero-order valence-corrected chi connectivity index (χ0v) is 18.5. The van der Waals surface area contributed by atoms with Crippen LogP contribution in [-0.4, -0.2) is 35.2 Å². The minimum Gasteiger partial charge on any atom is -0.497 e. The Balaban J connectivity index is 1.51. The van der Waals surface area contributed by atoms with E-state index in [1.807, 2.05) is 42.7 Å². The van der Waals surface area contributed by atoms with Crippen LogP contribution < -0.4 is 9.64 Å². The standard InChI is InChI=1S/C27H28N4O/c1-32-23-10-8-20-17-21(18-26(24(20)19-23)31-15-5-2-6-16-31)25-12-14-29-27(30-25)11-9-22-7-3-4-13-28-22/h3-4,7-8,10,12-14,17-19H,2,5-6,9,11,15-16H2,1H3. The third-order valence-corrected chi connectivity index (χ3v) is 6.17. The van der Waals surface area contributed by atoms with Crippen LogP contribution in [0.25, 0.3) is 22.0 Å². The molecule has 0 saturated carbocycles. The van der Waals surface area contributed by atoms with Crippen LogP contribution in [0.2, 0.25) is 0 Å². The SMILES string of the molecule is COc1ccc2cc(-c3ccnc(CCc4ccccn4)n3)cc(N3CCCCC3)c2c1. The van der Waals surface area contributed by atoms with Crippen molar-refractivity contribution in [3.63, 3.8) is 0 Å². The molecule has 0 unspecified atom stereocenters. The quantitative estimate of drug-likeness (QED) is 0.410. The summed E-state index contributed by atoms with van der Waals surface area (Å²) in [7, 11) is 1.73. The highest BCUT2D eigenvalue weighted by atomic mass is 16.5. The van der Waals surface area contributed by atoms with Crippen LogP contribution in [0.4, 0.5) is 5.69 Å². The average molecular weight is 425 g/mol. The van der Waals surface area contributed by atoms with Crippen LogP contribution in [0.15, 0.2) is 67.0 Å². The van der Waals surface area contributed by atoms with Gasteiger partial charge in [0.15, 0.2) is 0 Å². The monoisotopic (exact) mass is 424 g/mol. The van der Waals surface area contributed by atoms with Crippen molar-refractivity contribution in [2.24, 2.45) is 0 Å². The molecule has 1 fully saturated rings. The number of rotatable bonds is 6. The third-order valence-electron chi connectivity index (χ3n) is 6.17. The maximum Gasteiger partial charge on any atom is 0.129 e. The van der Waals surface area contributed by atoms with Crippen molar-refractivity contribution in [1.29, 1.82) is 0 Å². The van der Waals surface area contributed by atoms with E-state index in [9.17, 15) is 0 Å². The van der Waals surface area contributed by atoms with Gasteiger partial charge in [-0.15, -0.1) is 0 Å². The van der Waals surface area contributed by atoms with Crippen molar-refractivity contribution in [2.45, 2.75) is 32.1 Å². The number of ether oxygens (including phenoxy) is 1. The largest absolute Gasteiger partial charge is 0.497 e. The van der Waals surface area contributed by atoms with E-state index < -0.39 is 0 Å². The van der Waals surface area contributed by atoms with E-state index in [4.69, 9.17) is 9.72 Å². The number of fused-ring (bicyclic) bond motifs is 1. The Kier molecular flexibility index (Phi) is 5.97. The molecule has 2 aromatic carbocycles. The van der Waals surface area contributed by atoms with Gasteiger partial charge in [-0.2, -0.15) is 0 Å². The molecule has 1 aliphatic heterocycles. The molecule has 5 nitrogen and oxygen atoms in total. The summed E-state index contributed by atoms with van der Waals surface area (Å²) in [5.41, 5.74) is 4.43. The lowest BCUT2D eigenvalue weighted by atomic mass is 10.00. The molecule has 3 heterocycles. The van der Waals surface area contributed by atoms with Crippen molar-refractivity contribution < 1.29 is 4.74 Å². The molecule has 1 aliphatic rings. The predicted octanol–water partition coefficient (Wildman–Crippen LogP) is 5.48. The number of hydrogen-bond acceptors (Lipinski definition) is 5. The van der Waals surface area contributed by atoms with Crippen LogP contribution in [0.1, 0.15) is 30.8 Å². The van der Waals surface area contributed by atoms with Gasteiger partial charge in [0.25, 0.3) is 0 Å². The van der Waals surface area contributed by atoms with Crippen LogP contribution in [0.3, 0.4) is 0 Å². The zero-order chi connectivity index (χ0) is 21.8. The molecule has 0 amide bonds. The first-order chi connectivity index (χ1) is 15.8. The molecule has 0 N–H and O–H groups in total. The number of aromatic nitrogens is 3. The summed E-state index contributed by atoms with van der Waals surface area (Å²) in [6.07, 6.45) is 9.09. The second-order valence-corrected chi connectivity index (χ2v) is 8.31. The molecule has 5 heteroatoms. The lowest BCUT2D eigenvalue weighted by Gasteiger charge is -2.30. The van der Waals surface area contributed by atoms with Crippen LogP contribution >= 0.6 is 0 Å². The predicted molar refractivity (Wildman–Crippen MR) is 129 cm³/mol. The molecule has 2 aromatic heterocycles. The van der Waals surface area contributed by atoms with Crippen LogP contribution in [-0.2, 0) is 12.8 Å². The van der Waals surface area contributed by atoms with Gasteiger partial charge in [-0.05, 0) is 73.5 Å². The second kappa shape index (κ2) is 9.35. The summed E-state index contributed by atoms with van der Waals surface area (Å²) in [4.78, 5) is 16.3. The molecule has 0 aliphatic carbocycles. The highest BCUT2D eigenvalue weighted by Crippen LogP contribution is 2.36. The fourth-order valence-corrected chi connectivity index (χ4v) is 4.45. The summed E-state index contributed by atoms with van der Waals surface area (Å²) >= 11 is 0. The highest BCUT2D eigenvalue weighted by Gasteiger charge is 2.16. The number of hydrogen-bond donors (Lipinski definition) is 0. The van der Waals surface area contributed by atoms with Gasteiger partial charge in [-0.1, -0.05) is 12.1 Å². The number of aryl methyl sites for hydroxylation is 2. The van der Waals surface area contributed by atoms with Crippen molar-refractivity contribution in [1.82, 2.24) is 15.0 Å². The molecule has 0 atom stereocenters. The number of benzene rings is 2. The Bertz CT molecular complexity index is 1200. The van der Waals surface area contributed by atoms with E-state index in [2.05, 4.69) is 39.1 Å². The maximum atomic E-state index is 5.51. The summed E-state index contributed by atoms with van der Waals surface area (Å²) < 4.78 is 5.51. The van der Waals surface area contributed by atoms with Gasteiger partial charge in [-0.25, -0.2) is 9.97 Å². The lowest BCUT2D eigenvalue weighted by Crippen LogP contribution is -2.29. The van der Waals surface area contributed by atoms with Crippen LogP contribution in [0.5, 0.6) is 5.75 Å². The smallest absolute Gasteiger partial charge is 0.129 e. The van der Waals surface area contributed by atoms with Gasteiger partial charge in [0.2, 0.25) is 0 Å². The molecule has 0 radical (unpaired) electrons. The highest BCUT2D eigenvalue weighted by molar-refractivity contribution is 5.98. The fraction of sp³-hybridized carbons (Fsp3) is 0.296. The van der Waals surface area contributed by atoms with E-state index >= 15 is 0 Å². The molecule has 0 bridgehead atoms. The Labute approximate surface area is 189 Å². The zero-order valence-electron chi connectivity index (χ0n) is 18.5.